The fourth-order valence-corrected chi connectivity index (χ4v) is 12.5. The first-order valence-corrected chi connectivity index (χ1v) is 35.7. The van der Waals surface area contributed by atoms with E-state index in [9.17, 15) is 106 Å². The lowest BCUT2D eigenvalue weighted by Gasteiger charge is -2.17. The Kier molecular flexibility index (Phi) is 19.5. The molecule has 0 saturated carbocycles. The maximum Gasteiger partial charge on any atom is 0.296 e. The van der Waals surface area contributed by atoms with Crippen molar-refractivity contribution in [3.63, 3.8) is 0 Å². The summed E-state index contributed by atoms with van der Waals surface area (Å²) < 4.78 is 245. The first kappa shape index (κ1) is 70.4. The highest BCUT2D eigenvalue weighted by Gasteiger charge is 2.30. The number of carbonyl (C=O) groups is 1. The SMILES string of the molecule is C=C(Br)C(=O)Nc1ccc(S(=O)(=O)O)c(N=Nc2c(S(=O)(=O)O)cc3cc(S(=O)(=O)O)cc(Nc4nc(Cl)nc(Nc5cc(S(=O)(=O)O)cc6cc(S(=O)(=O)O)c(N=Nc7cc(Nc8nc(Cl)nc(N(C)CCS(=O)(=O)O)n8)ccc7S(=O)(=O)O)c(O)c56)n4)c3c2O)c1. The summed E-state index contributed by atoms with van der Waals surface area (Å²) in [4.78, 5) is 29.9. The zero-order chi connectivity index (χ0) is 69.0. The van der Waals surface area contributed by atoms with Crippen LogP contribution >= 0.6 is 39.1 Å². The Hall–Kier alpha value is -8.50. The molecule has 0 unspecified atom stereocenters. The predicted molar refractivity (Wildman–Crippen MR) is 327 cm³/mol. The number of aromatic nitrogens is 6. The van der Waals surface area contributed by atoms with Gasteiger partial charge in [0, 0.05) is 35.7 Å². The molecule has 0 aliphatic carbocycles. The summed E-state index contributed by atoms with van der Waals surface area (Å²) in [6, 6.07) is 8.23. The second-order valence-electron chi connectivity index (χ2n) is 18.3. The van der Waals surface area contributed by atoms with E-state index in [1.165, 1.54) is 7.05 Å². The van der Waals surface area contributed by atoms with Gasteiger partial charge in [-0.1, -0.05) is 6.58 Å². The van der Waals surface area contributed by atoms with Gasteiger partial charge in [-0.3, -0.25) is 36.7 Å². The smallest absolute Gasteiger partial charge is 0.296 e. The molecule has 0 atom stereocenters. The summed E-state index contributed by atoms with van der Waals surface area (Å²) in [5, 5.41) is 43.9. The van der Waals surface area contributed by atoms with Crippen LogP contribution in [0.4, 0.5) is 69.3 Å². The summed E-state index contributed by atoms with van der Waals surface area (Å²) in [5.41, 5.74) is -6.22. The van der Waals surface area contributed by atoms with Gasteiger partial charge in [0.2, 0.25) is 34.4 Å². The molecule has 8 rings (SSSR count). The van der Waals surface area contributed by atoms with Crippen LogP contribution < -0.4 is 26.2 Å². The normalized spacial score (nSPS) is 12.8. The topological polar surface area (TPSA) is 616 Å². The average Bonchev–Trinajstić information content (AvgIpc) is 0.754. The molecule has 13 N–H and O–H groups in total. The van der Waals surface area contributed by atoms with Crippen LogP contribution in [-0.4, -0.2) is 156 Å². The number of nitrogens with zero attached hydrogens (tertiary/aromatic N) is 11. The van der Waals surface area contributed by atoms with Crippen molar-refractivity contribution in [3.05, 3.63) is 94.4 Å². The van der Waals surface area contributed by atoms with Crippen molar-refractivity contribution in [3.8, 4) is 11.5 Å². The first-order chi connectivity index (χ1) is 42.7. The Balaban J connectivity index is 1.26. The minimum absolute atomic E-state index is 0.212. The summed E-state index contributed by atoms with van der Waals surface area (Å²) in [6.45, 7) is 3.01. The van der Waals surface area contributed by atoms with Crippen molar-refractivity contribution in [2.45, 2.75) is 29.4 Å². The highest BCUT2D eigenvalue weighted by Crippen LogP contribution is 2.48. The summed E-state index contributed by atoms with van der Waals surface area (Å²) in [6.07, 6.45) is 0. The highest BCUT2D eigenvalue weighted by molar-refractivity contribution is 9.12. The minimum Gasteiger partial charge on any atom is -0.505 e. The number of azo groups is 2. The van der Waals surface area contributed by atoms with Crippen LogP contribution in [0.2, 0.25) is 10.6 Å². The van der Waals surface area contributed by atoms with Gasteiger partial charge in [0.05, 0.1) is 31.4 Å². The lowest BCUT2D eigenvalue weighted by molar-refractivity contribution is -0.112. The predicted octanol–water partition coefficient (Wildman–Crippen LogP) is 6.79. The number of benzene rings is 6. The number of fused-ring (bicyclic) bond motifs is 2. The molecule has 6 aromatic carbocycles. The molecule has 0 bridgehead atoms. The van der Waals surface area contributed by atoms with E-state index in [1.807, 2.05) is 0 Å². The summed E-state index contributed by atoms with van der Waals surface area (Å²) in [7, 11) is -35.6. The molecule has 0 saturated heterocycles. The molecule has 8 aromatic rings. The number of halogens is 3. The molecular weight excluding hydrogens is 1500 g/mol. The lowest BCUT2D eigenvalue weighted by Crippen LogP contribution is -2.27. The van der Waals surface area contributed by atoms with Gasteiger partial charge in [-0.2, -0.15) is 88.8 Å². The Morgan fingerprint density at radius 2 is 0.914 bits per heavy atom. The van der Waals surface area contributed by atoms with Crippen LogP contribution in [0.1, 0.15) is 0 Å². The third-order valence-electron chi connectivity index (χ3n) is 11.9. The molecule has 39 nitrogen and oxygen atoms in total. The van der Waals surface area contributed by atoms with Crippen LogP contribution in [0.3, 0.4) is 0 Å². The number of hydrogen-bond acceptors (Lipinski definition) is 31. The van der Waals surface area contributed by atoms with Gasteiger partial charge in [0.25, 0.3) is 76.7 Å². The first-order valence-electron chi connectivity index (χ1n) is 23.9. The number of phenolic OH excluding ortho intramolecular Hbond substituents is 2. The molecule has 0 aliphatic heterocycles. The zero-order valence-corrected chi connectivity index (χ0v) is 53.9. The molecule has 0 fully saturated rings. The second kappa shape index (κ2) is 25.8. The van der Waals surface area contributed by atoms with Gasteiger partial charge in [-0.05, 0) is 123 Å². The molecule has 49 heteroatoms. The van der Waals surface area contributed by atoms with Gasteiger partial charge < -0.3 is 36.4 Å². The van der Waals surface area contributed by atoms with Gasteiger partial charge in [-0.25, -0.2) is 0 Å². The van der Waals surface area contributed by atoms with E-state index in [4.69, 9.17) is 23.2 Å². The number of amides is 1. The number of phenols is 2. The van der Waals surface area contributed by atoms with Crippen molar-refractivity contribution in [2.75, 3.05) is 45.5 Å². The summed E-state index contributed by atoms with van der Waals surface area (Å²) >= 11 is 15.2. The third-order valence-corrected chi connectivity index (χ3v) is 18.5. The molecule has 2 heterocycles. The van der Waals surface area contributed by atoms with Gasteiger partial charge in [-0.15, -0.1) is 20.5 Å². The maximum absolute atomic E-state index is 13.0. The standard InChI is InChI=1S/C44H34BrCl2N15O24S7/c1-17(45)38(65)48-20-3-5-28(90(75,76)77)24(13-20)58-60-34-30(92(81,82)83)11-18-9-22(88(69,70)71)15-26(32(18)36(34)63)50-42-52-39(46)53-43(56-42)51-27-16-23(89(72,73)74)10-19-12-31(93(84,85)86)35(37(64)33(19)27)61-59-25-14-21(4-6-29(25)91(78,79)80)49-41-54-40(47)55-44(57-41)62(2)7-8-87(66,67)68/h3-6,9-16,63-64H,1,7-8H2,2H3,(H,48,65)(H,66,67,68)(H,69,70,71)(H,72,73,74)(H,75,76,77)(H,78,79,80)(H,81,82,83)(H,84,85,86)(H,49,54,55,57)(H2,50,51,52,53,56). The molecule has 0 radical (unpaired) electrons. The second-order valence-corrected chi connectivity index (χ2v) is 29.9. The molecule has 0 spiro atoms. The lowest BCUT2D eigenvalue weighted by atomic mass is 10.1. The quantitative estimate of drug-likeness (QED) is 0.0188. The summed E-state index contributed by atoms with van der Waals surface area (Å²) in [5.74, 6) is -6.76. The Morgan fingerprint density at radius 3 is 1.31 bits per heavy atom. The third kappa shape index (κ3) is 16.8. The van der Waals surface area contributed by atoms with Crippen molar-refractivity contribution in [1.29, 1.82) is 0 Å². The molecule has 1 amide bonds. The van der Waals surface area contributed by atoms with Crippen LogP contribution in [0.25, 0.3) is 21.5 Å². The van der Waals surface area contributed by atoms with E-state index >= 15 is 0 Å². The number of aromatic hydroxyl groups is 2. The van der Waals surface area contributed by atoms with E-state index < -0.39 is 207 Å². The Labute approximate surface area is 539 Å². The number of nitrogens with one attached hydrogen (secondary N) is 4. The van der Waals surface area contributed by atoms with Crippen molar-refractivity contribution in [2.24, 2.45) is 20.5 Å². The zero-order valence-electron chi connectivity index (χ0n) is 45.1. The van der Waals surface area contributed by atoms with Crippen LogP contribution in [0.15, 0.2) is 134 Å². The van der Waals surface area contributed by atoms with Crippen molar-refractivity contribution < 1.29 is 106 Å². The van der Waals surface area contributed by atoms with Crippen molar-refractivity contribution >= 4 is 207 Å². The molecule has 93 heavy (non-hydrogen) atoms. The number of hydrogen-bond donors (Lipinski definition) is 13. The largest absolute Gasteiger partial charge is 0.505 e. The van der Waals surface area contributed by atoms with Gasteiger partial charge >= 0.3 is 0 Å². The van der Waals surface area contributed by atoms with Crippen LogP contribution in [-0.2, 0) is 75.6 Å². The fourth-order valence-electron chi connectivity index (χ4n) is 7.94. The highest BCUT2D eigenvalue weighted by atomic mass is 79.9. The van der Waals surface area contributed by atoms with E-state index in [2.05, 4.69) is 94.1 Å². The molecule has 0 aliphatic rings. The monoisotopic (exact) mass is 1530 g/mol. The Morgan fingerprint density at radius 1 is 0.516 bits per heavy atom. The fraction of sp³-hybridized carbons (Fsp3) is 0.0682. The number of rotatable bonds is 22. The van der Waals surface area contributed by atoms with Crippen LogP contribution in [0.5, 0.6) is 11.5 Å². The van der Waals surface area contributed by atoms with Crippen LogP contribution in [0, 0.1) is 0 Å². The maximum atomic E-state index is 13.0. The van der Waals surface area contributed by atoms with E-state index in [-0.39, 0.29) is 28.4 Å². The minimum atomic E-state index is -5.65. The molecule has 2 aromatic heterocycles. The van der Waals surface area contributed by atoms with Gasteiger partial charge in [0.1, 0.15) is 42.3 Å². The average molecular weight is 1530 g/mol. The van der Waals surface area contributed by atoms with Crippen molar-refractivity contribution in [1.82, 2.24) is 29.9 Å². The van der Waals surface area contributed by atoms with Gasteiger partial charge in [0.15, 0.2) is 11.5 Å². The van der Waals surface area contributed by atoms with E-state index in [0.717, 1.165) is 41.3 Å². The number of anilines is 8. The molecule has 492 valence electrons. The van der Waals surface area contributed by atoms with E-state index in [0.29, 0.717) is 36.4 Å². The molecular formula is C44H34BrCl2N15O24S7. The Bertz CT molecular complexity index is 5470. The van der Waals surface area contributed by atoms with E-state index in [1.54, 1.807) is 0 Å². The number of carbonyl (C=O) groups excluding carboxylic acids is 1.